The summed E-state index contributed by atoms with van der Waals surface area (Å²) in [6.45, 7) is 1.33. The molecule has 10 heteroatoms. The fourth-order valence-corrected chi connectivity index (χ4v) is 5.86. The Balaban J connectivity index is 1.44. The van der Waals surface area contributed by atoms with E-state index in [4.69, 9.17) is 22.8 Å². The zero-order chi connectivity index (χ0) is 29.2. The molecule has 1 unspecified atom stereocenters. The van der Waals surface area contributed by atoms with E-state index in [1.807, 2.05) is 24.3 Å². The van der Waals surface area contributed by atoms with Gasteiger partial charge in [-0.05, 0) is 62.1 Å². The van der Waals surface area contributed by atoms with Crippen molar-refractivity contribution >= 4 is 17.4 Å². The van der Waals surface area contributed by atoms with Crippen LogP contribution in [-0.2, 0) is 16.1 Å². The third-order valence-corrected chi connectivity index (χ3v) is 7.99. The highest BCUT2D eigenvalue weighted by Crippen LogP contribution is 2.42. The average Bonchev–Trinajstić information content (AvgIpc) is 3.74. The summed E-state index contributed by atoms with van der Waals surface area (Å²) in [7, 11) is 1.56. The average molecular weight is 571 g/mol. The molecular weight excluding hydrogens is 540 g/mol. The molecule has 1 aliphatic carbocycles. The van der Waals surface area contributed by atoms with Crippen LogP contribution >= 0.6 is 0 Å². The molecule has 2 aromatic heterocycles. The molecule has 2 aliphatic rings. The molecule has 1 aliphatic heterocycles. The van der Waals surface area contributed by atoms with Gasteiger partial charge in [-0.2, -0.15) is 0 Å². The maximum absolute atomic E-state index is 14.3. The molecule has 0 N–H and O–H groups in total. The quantitative estimate of drug-likeness (QED) is 0.228. The summed E-state index contributed by atoms with van der Waals surface area (Å²) in [5.41, 5.74) is 2.84. The van der Waals surface area contributed by atoms with Crippen LogP contribution in [0.3, 0.4) is 0 Å². The third kappa shape index (κ3) is 5.15. The number of amides is 1. The Morgan fingerprint density at radius 3 is 2.33 bits per heavy atom. The van der Waals surface area contributed by atoms with Crippen LogP contribution in [0.15, 0.2) is 90.3 Å². The molecule has 4 aromatic rings. The van der Waals surface area contributed by atoms with Crippen LogP contribution < -0.4 is 15.5 Å². The van der Waals surface area contributed by atoms with Crippen LogP contribution in [-0.4, -0.2) is 30.0 Å². The Bertz CT molecular complexity index is 1660. The van der Waals surface area contributed by atoms with Gasteiger partial charge in [0, 0.05) is 22.9 Å². The van der Waals surface area contributed by atoms with E-state index in [2.05, 4.69) is 5.16 Å². The Kier molecular flexibility index (Phi) is 7.52. The summed E-state index contributed by atoms with van der Waals surface area (Å²) in [5, 5.41) is 4.00. The molecule has 6 rings (SSSR count). The van der Waals surface area contributed by atoms with E-state index in [0.29, 0.717) is 28.3 Å². The molecule has 0 saturated heterocycles. The number of carbonyl (C=O) groups is 2. The van der Waals surface area contributed by atoms with Gasteiger partial charge in [0.2, 0.25) is 0 Å². The number of methoxy groups -OCH3 is 1. The SMILES string of the molecule is COc1ccc(C(=O)C2=C(OCc3oc(=O)oc3C)C(=O)N(c3ccc(-c4ccon4)cc3)C2C2CCCCC2)cc1. The summed E-state index contributed by atoms with van der Waals surface area (Å²) in [6, 6.07) is 15.4. The van der Waals surface area contributed by atoms with Crippen molar-refractivity contribution in [2.75, 3.05) is 12.0 Å². The summed E-state index contributed by atoms with van der Waals surface area (Å²) in [6.07, 6.45) is 6.36. The van der Waals surface area contributed by atoms with Gasteiger partial charge in [0.1, 0.15) is 24.3 Å². The second kappa shape index (κ2) is 11.6. The fraction of sp³-hybridized carbons (Fsp3) is 0.312. The minimum Gasteiger partial charge on any atom is -0.497 e. The number of ether oxygens (including phenoxy) is 2. The lowest BCUT2D eigenvalue weighted by atomic mass is 9.79. The lowest BCUT2D eigenvalue weighted by molar-refractivity contribution is -0.118. The number of hydrogen-bond donors (Lipinski definition) is 0. The zero-order valence-electron chi connectivity index (χ0n) is 23.3. The highest BCUT2D eigenvalue weighted by atomic mass is 16.6. The second-order valence-corrected chi connectivity index (χ2v) is 10.5. The minimum atomic E-state index is -0.860. The van der Waals surface area contributed by atoms with E-state index < -0.39 is 17.8 Å². The third-order valence-electron chi connectivity index (χ3n) is 7.99. The first-order valence-corrected chi connectivity index (χ1v) is 13.9. The van der Waals surface area contributed by atoms with Crippen molar-refractivity contribution in [3.05, 3.63) is 99.9 Å². The normalized spacial score (nSPS) is 17.6. The van der Waals surface area contributed by atoms with Crippen LogP contribution in [0.5, 0.6) is 5.75 Å². The Morgan fingerprint density at radius 2 is 1.71 bits per heavy atom. The van der Waals surface area contributed by atoms with Gasteiger partial charge >= 0.3 is 5.82 Å². The number of nitrogens with zero attached hydrogens (tertiary/aromatic N) is 2. The predicted molar refractivity (Wildman–Crippen MR) is 151 cm³/mol. The minimum absolute atomic E-state index is 0.0461. The standard InChI is InChI=1S/C32H30N2O8/c1-19-26(42-32(37)41-19)18-39-30-27(29(35)22-10-14-24(38-2)15-11-22)28(21-6-4-3-5-7-21)34(31(30)36)23-12-8-20(9-13-23)25-16-17-40-33-25/h8-17,21,28H,3-7,18H2,1-2H3. The van der Waals surface area contributed by atoms with Gasteiger partial charge in [-0.1, -0.05) is 36.6 Å². The monoisotopic (exact) mass is 570 g/mol. The number of ketones is 1. The fourth-order valence-electron chi connectivity index (χ4n) is 5.86. The lowest BCUT2D eigenvalue weighted by Crippen LogP contribution is -2.42. The Morgan fingerprint density at radius 1 is 0.976 bits per heavy atom. The molecule has 0 radical (unpaired) electrons. The van der Waals surface area contributed by atoms with Crippen LogP contribution in [0.25, 0.3) is 11.3 Å². The van der Waals surface area contributed by atoms with E-state index in [9.17, 15) is 14.4 Å². The van der Waals surface area contributed by atoms with Gasteiger partial charge in [-0.3, -0.25) is 14.5 Å². The van der Waals surface area contributed by atoms with E-state index in [0.717, 1.165) is 37.7 Å². The van der Waals surface area contributed by atoms with Crippen molar-refractivity contribution in [2.24, 2.45) is 5.92 Å². The van der Waals surface area contributed by atoms with Gasteiger partial charge in [-0.25, -0.2) is 4.79 Å². The van der Waals surface area contributed by atoms with Crippen LogP contribution in [0, 0.1) is 12.8 Å². The number of hydrogen-bond acceptors (Lipinski definition) is 9. The molecule has 3 heterocycles. The first-order chi connectivity index (χ1) is 20.4. The summed E-state index contributed by atoms with van der Waals surface area (Å²) >= 11 is 0. The van der Waals surface area contributed by atoms with Gasteiger partial charge in [0.15, 0.2) is 23.1 Å². The van der Waals surface area contributed by atoms with Gasteiger partial charge in [0.05, 0.1) is 18.7 Å². The molecular formula is C32H30N2O8. The number of anilines is 1. The summed E-state index contributed by atoms with van der Waals surface area (Å²) < 4.78 is 26.4. The van der Waals surface area contributed by atoms with Crippen molar-refractivity contribution in [1.82, 2.24) is 5.16 Å². The maximum Gasteiger partial charge on any atom is 0.519 e. The van der Waals surface area contributed by atoms with Crippen LogP contribution in [0.2, 0.25) is 0 Å². The summed E-state index contributed by atoms with van der Waals surface area (Å²) in [5.74, 6) is -0.591. The van der Waals surface area contributed by atoms with Crippen LogP contribution in [0.4, 0.5) is 5.69 Å². The smallest absolute Gasteiger partial charge is 0.497 e. The predicted octanol–water partition coefficient (Wildman–Crippen LogP) is 5.85. The number of aryl methyl sites for hydroxylation is 1. The number of rotatable bonds is 9. The highest BCUT2D eigenvalue weighted by molar-refractivity contribution is 6.21. The van der Waals surface area contributed by atoms with Crippen molar-refractivity contribution in [3.8, 4) is 17.0 Å². The van der Waals surface area contributed by atoms with Crippen LogP contribution in [0.1, 0.15) is 54.0 Å². The van der Waals surface area contributed by atoms with Crippen molar-refractivity contribution in [3.63, 3.8) is 0 Å². The number of Topliss-reactive ketones (excluding diaryl/α,β-unsaturated/α-hetero) is 1. The number of benzene rings is 2. The largest absolute Gasteiger partial charge is 0.519 e. The first-order valence-electron chi connectivity index (χ1n) is 13.9. The second-order valence-electron chi connectivity index (χ2n) is 10.5. The van der Waals surface area contributed by atoms with Gasteiger partial charge in [0.25, 0.3) is 5.91 Å². The zero-order valence-corrected chi connectivity index (χ0v) is 23.3. The lowest BCUT2D eigenvalue weighted by Gasteiger charge is -2.35. The van der Waals surface area contributed by atoms with E-state index in [1.54, 1.807) is 49.3 Å². The number of aromatic nitrogens is 1. The van der Waals surface area contributed by atoms with E-state index in [-0.39, 0.29) is 35.6 Å². The molecule has 1 atom stereocenters. The molecule has 10 nitrogen and oxygen atoms in total. The first kappa shape index (κ1) is 27.3. The topological polar surface area (TPSA) is 125 Å². The van der Waals surface area contributed by atoms with Crippen molar-refractivity contribution < 1.29 is 32.4 Å². The Hall–Kier alpha value is -4.86. The van der Waals surface area contributed by atoms with E-state index in [1.165, 1.54) is 6.26 Å². The maximum atomic E-state index is 14.3. The molecule has 2 aromatic carbocycles. The molecule has 0 bridgehead atoms. The molecule has 1 fully saturated rings. The van der Waals surface area contributed by atoms with E-state index >= 15 is 0 Å². The molecule has 216 valence electrons. The van der Waals surface area contributed by atoms with Gasteiger partial charge < -0.3 is 22.8 Å². The molecule has 42 heavy (non-hydrogen) atoms. The molecule has 1 saturated carbocycles. The Labute approximate surface area is 241 Å². The number of carbonyl (C=O) groups excluding carboxylic acids is 2. The van der Waals surface area contributed by atoms with Crippen molar-refractivity contribution in [2.45, 2.75) is 51.7 Å². The molecule has 1 amide bonds. The summed E-state index contributed by atoms with van der Waals surface area (Å²) in [4.78, 5) is 41.8. The van der Waals surface area contributed by atoms with Gasteiger partial charge in [-0.15, -0.1) is 0 Å². The highest BCUT2D eigenvalue weighted by Gasteiger charge is 2.48. The molecule has 0 spiro atoms. The van der Waals surface area contributed by atoms with Crippen molar-refractivity contribution in [1.29, 1.82) is 0 Å².